The Morgan fingerprint density at radius 3 is 2.68 bits per heavy atom. The van der Waals surface area contributed by atoms with Gasteiger partial charge in [-0.2, -0.15) is 0 Å². The van der Waals surface area contributed by atoms with Crippen LogP contribution in [0.2, 0.25) is 0 Å². The lowest BCUT2D eigenvalue weighted by molar-refractivity contribution is 0.248. The number of benzene rings is 1. The van der Waals surface area contributed by atoms with Gasteiger partial charge in [0.1, 0.15) is 5.82 Å². The highest BCUT2D eigenvalue weighted by Crippen LogP contribution is 2.21. The first-order valence-electron chi connectivity index (χ1n) is 8.22. The van der Waals surface area contributed by atoms with Crippen molar-refractivity contribution < 1.29 is 4.79 Å². The molecule has 128 valence electrons. The Labute approximate surface area is 146 Å². The fourth-order valence-electron chi connectivity index (χ4n) is 2.72. The maximum atomic E-state index is 12.4. The van der Waals surface area contributed by atoms with E-state index >= 15 is 0 Å². The summed E-state index contributed by atoms with van der Waals surface area (Å²) in [5.74, 6) is 0.854. The number of pyridine rings is 1. The third-order valence-corrected chi connectivity index (χ3v) is 4.02. The van der Waals surface area contributed by atoms with Gasteiger partial charge in [-0.05, 0) is 36.2 Å². The minimum Gasteiger partial charge on any atom is -0.334 e. The second-order valence-electron chi connectivity index (χ2n) is 5.78. The number of urea groups is 1. The summed E-state index contributed by atoms with van der Waals surface area (Å²) >= 11 is 0. The van der Waals surface area contributed by atoms with Gasteiger partial charge in [0, 0.05) is 43.1 Å². The standard InChI is InChI=1S/C19H21N5O/c1-3-17(14-7-9-20-10-8-14)23-19(25)22-16-6-4-5-15(13-16)18-21-11-12-24(18)2/h4-13,17H,3H2,1-2H3,(H2,22,23,25)/t17-/m0/s1. The van der Waals surface area contributed by atoms with Gasteiger partial charge in [0.05, 0.1) is 6.04 Å². The third kappa shape index (κ3) is 4.03. The van der Waals surface area contributed by atoms with Crippen LogP contribution < -0.4 is 10.6 Å². The van der Waals surface area contributed by atoms with Crippen LogP contribution in [-0.2, 0) is 7.05 Å². The molecule has 0 aliphatic rings. The summed E-state index contributed by atoms with van der Waals surface area (Å²) in [4.78, 5) is 20.7. The van der Waals surface area contributed by atoms with E-state index in [1.165, 1.54) is 0 Å². The number of anilines is 1. The Hall–Kier alpha value is -3.15. The predicted molar refractivity (Wildman–Crippen MR) is 98.1 cm³/mol. The van der Waals surface area contributed by atoms with Crippen LogP contribution in [0.15, 0.2) is 61.2 Å². The molecule has 2 N–H and O–H groups in total. The van der Waals surface area contributed by atoms with E-state index in [1.54, 1.807) is 18.6 Å². The molecule has 1 aromatic carbocycles. The number of rotatable bonds is 5. The summed E-state index contributed by atoms with van der Waals surface area (Å²) in [5, 5.41) is 5.89. The first-order chi connectivity index (χ1) is 12.2. The van der Waals surface area contributed by atoms with E-state index in [9.17, 15) is 4.79 Å². The Morgan fingerprint density at radius 1 is 1.20 bits per heavy atom. The van der Waals surface area contributed by atoms with Crippen LogP contribution in [0.1, 0.15) is 24.9 Å². The second-order valence-corrected chi connectivity index (χ2v) is 5.78. The molecule has 3 rings (SSSR count). The van der Waals surface area contributed by atoms with E-state index in [1.807, 2.05) is 61.1 Å². The van der Waals surface area contributed by atoms with Crippen LogP contribution >= 0.6 is 0 Å². The zero-order valence-electron chi connectivity index (χ0n) is 14.3. The summed E-state index contributed by atoms with van der Waals surface area (Å²) in [6.45, 7) is 2.03. The number of aryl methyl sites for hydroxylation is 1. The maximum absolute atomic E-state index is 12.4. The number of carbonyl (C=O) groups is 1. The van der Waals surface area contributed by atoms with Crippen LogP contribution in [0.25, 0.3) is 11.4 Å². The minimum absolute atomic E-state index is 0.0549. The largest absolute Gasteiger partial charge is 0.334 e. The molecule has 2 aromatic heterocycles. The second kappa shape index (κ2) is 7.61. The molecule has 0 unspecified atom stereocenters. The molecule has 0 bridgehead atoms. The molecule has 0 aliphatic heterocycles. The lowest BCUT2D eigenvalue weighted by Gasteiger charge is -2.18. The fraction of sp³-hybridized carbons (Fsp3) is 0.211. The van der Waals surface area contributed by atoms with E-state index in [4.69, 9.17) is 0 Å². The Balaban J connectivity index is 1.70. The number of hydrogen-bond acceptors (Lipinski definition) is 3. The zero-order valence-corrected chi connectivity index (χ0v) is 14.3. The molecular weight excluding hydrogens is 314 g/mol. The van der Waals surface area contributed by atoms with Gasteiger partial charge in [0.15, 0.2) is 0 Å². The number of carbonyl (C=O) groups excluding carboxylic acids is 1. The van der Waals surface area contributed by atoms with E-state index in [-0.39, 0.29) is 12.1 Å². The lowest BCUT2D eigenvalue weighted by atomic mass is 10.1. The van der Waals surface area contributed by atoms with Gasteiger partial charge in [0.25, 0.3) is 0 Å². The molecule has 0 fully saturated rings. The molecule has 0 spiro atoms. The van der Waals surface area contributed by atoms with Crippen molar-refractivity contribution in [2.24, 2.45) is 7.05 Å². The van der Waals surface area contributed by atoms with Crippen LogP contribution in [0, 0.1) is 0 Å². The molecule has 3 aromatic rings. The topological polar surface area (TPSA) is 71.8 Å². The first kappa shape index (κ1) is 16.7. The summed E-state index contributed by atoms with van der Waals surface area (Å²) in [7, 11) is 1.94. The third-order valence-electron chi connectivity index (χ3n) is 4.02. The van der Waals surface area contributed by atoms with Crippen molar-refractivity contribution in [3.8, 4) is 11.4 Å². The molecular formula is C19H21N5O. The lowest BCUT2D eigenvalue weighted by Crippen LogP contribution is -2.32. The molecule has 25 heavy (non-hydrogen) atoms. The molecule has 0 saturated carbocycles. The average Bonchev–Trinajstić information content (AvgIpc) is 3.06. The molecule has 0 aliphatic carbocycles. The maximum Gasteiger partial charge on any atom is 0.319 e. The molecule has 1 atom stereocenters. The summed E-state index contributed by atoms with van der Waals surface area (Å²) in [5.41, 5.74) is 2.71. The molecule has 2 amide bonds. The number of imidazole rings is 1. The van der Waals surface area contributed by atoms with Crippen LogP contribution in [0.5, 0.6) is 0 Å². The zero-order chi connectivity index (χ0) is 17.6. The monoisotopic (exact) mass is 335 g/mol. The van der Waals surface area contributed by atoms with Gasteiger partial charge < -0.3 is 15.2 Å². The van der Waals surface area contributed by atoms with Gasteiger partial charge in [-0.25, -0.2) is 9.78 Å². The fourth-order valence-corrected chi connectivity index (χ4v) is 2.72. The number of aromatic nitrogens is 3. The predicted octanol–water partition coefficient (Wildman–Crippen LogP) is 3.75. The molecule has 2 heterocycles. The first-order valence-corrected chi connectivity index (χ1v) is 8.22. The smallest absolute Gasteiger partial charge is 0.319 e. The number of nitrogens with zero attached hydrogens (tertiary/aromatic N) is 3. The minimum atomic E-state index is -0.236. The number of hydrogen-bond donors (Lipinski definition) is 2. The van der Waals surface area contributed by atoms with E-state index in [0.29, 0.717) is 0 Å². The Morgan fingerprint density at radius 2 is 2.00 bits per heavy atom. The van der Waals surface area contributed by atoms with Crippen molar-refractivity contribution in [2.75, 3.05) is 5.32 Å². The molecule has 0 radical (unpaired) electrons. The average molecular weight is 335 g/mol. The Bertz CT molecular complexity index is 844. The van der Waals surface area contributed by atoms with Gasteiger partial charge >= 0.3 is 6.03 Å². The molecule has 6 heteroatoms. The van der Waals surface area contributed by atoms with Crippen molar-refractivity contribution in [2.45, 2.75) is 19.4 Å². The molecule has 0 saturated heterocycles. The van der Waals surface area contributed by atoms with Crippen molar-refractivity contribution in [1.82, 2.24) is 19.9 Å². The SMILES string of the molecule is CC[C@H](NC(=O)Nc1cccc(-c2nccn2C)c1)c1ccncc1. The van der Waals surface area contributed by atoms with Gasteiger partial charge in [-0.15, -0.1) is 0 Å². The summed E-state index contributed by atoms with van der Waals surface area (Å²) in [6, 6.07) is 11.2. The van der Waals surface area contributed by atoms with Crippen molar-refractivity contribution in [1.29, 1.82) is 0 Å². The van der Waals surface area contributed by atoms with E-state index in [2.05, 4.69) is 20.6 Å². The van der Waals surface area contributed by atoms with Gasteiger partial charge in [-0.1, -0.05) is 19.1 Å². The normalized spacial score (nSPS) is 11.8. The highest BCUT2D eigenvalue weighted by Gasteiger charge is 2.13. The van der Waals surface area contributed by atoms with Crippen molar-refractivity contribution in [3.63, 3.8) is 0 Å². The van der Waals surface area contributed by atoms with Crippen LogP contribution in [0.3, 0.4) is 0 Å². The highest BCUT2D eigenvalue weighted by molar-refractivity contribution is 5.90. The van der Waals surface area contributed by atoms with E-state index in [0.717, 1.165) is 29.1 Å². The number of amides is 2. The summed E-state index contributed by atoms with van der Waals surface area (Å²) < 4.78 is 1.94. The number of nitrogens with one attached hydrogen (secondary N) is 2. The quantitative estimate of drug-likeness (QED) is 0.746. The van der Waals surface area contributed by atoms with Crippen LogP contribution in [0.4, 0.5) is 10.5 Å². The van der Waals surface area contributed by atoms with Crippen molar-refractivity contribution in [3.05, 3.63) is 66.7 Å². The van der Waals surface area contributed by atoms with E-state index < -0.39 is 0 Å². The Kier molecular flexibility index (Phi) is 5.09. The van der Waals surface area contributed by atoms with Gasteiger partial charge in [0.2, 0.25) is 0 Å². The van der Waals surface area contributed by atoms with Gasteiger partial charge in [-0.3, -0.25) is 4.98 Å². The molecule has 6 nitrogen and oxygen atoms in total. The van der Waals surface area contributed by atoms with Crippen molar-refractivity contribution >= 4 is 11.7 Å². The highest BCUT2D eigenvalue weighted by atomic mass is 16.2. The summed E-state index contributed by atoms with van der Waals surface area (Å²) in [6.07, 6.45) is 7.90. The van der Waals surface area contributed by atoms with Crippen LogP contribution in [-0.4, -0.2) is 20.6 Å².